The van der Waals surface area contributed by atoms with Gasteiger partial charge in [0.05, 0.1) is 0 Å². The van der Waals surface area contributed by atoms with E-state index in [1.165, 1.54) is 31.3 Å². The molecule has 1 unspecified atom stereocenters. The molecule has 0 fully saturated rings. The summed E-state index contributed by atoms with van der Waals surface area (Å²) in [5.41, 5.74) is 1.26. The number of allylic oxidation sites excluding steroid dienone is 5. The maximum Gasteiger partial charge on any atom is -0.0256 e. The van der Waals surface area contributed by atoms with E-state index in [4.69, 9.17) is 0 Å². The first-order valence-corrected chi connectivity index (χ1v) is 6.21. The third-order valence-electron chi connectivity index (χ3n) is 2.73. The van der Waals surface area contributed by atoms with E-state index in [2.05, 4.69) is 38.7 Å². The Labute approximate surface area is 95.8 Å². The molecule has 0 bridgehead atoms. The molecule has 0 spiro atoms. The fourth-order valence-corrected chi connectivity index (χ4v) is 1.68. The van der Waals surface area contributed by atoms with Gasteiger partial charge in [-0.15, -0.1) is 0 Å². The topological polar surface area (TPSA) is 0 Å². The van der Waals surface area contributed by atoms with Gasteiger partial charge in [0.1, 0.15) is 0 Å². The molecule has 0 saturated heterocycles. The third-order valence-corrected chi connectivity index (χ3v) is 2.73. The van der Waals surface area contributed by atoms with Gasteiger partial charge in [-0.05, 0) is 19.3 Å². The van der Waals surface area contributed by atoms with Gasteiger partial charge in [-0.25, -0.2) is 0 Å². The van der Waals surface area contributed by atoms with Crippen molar-refractivity contribution < 1.29 is 0 Å². The Kier molecular flexibility index (Phi) is 9.26. The van der Waals surface area contributed by atoms with Crippen LogP contribution in [-0.4, -0.2) is 0 Å². The molecule has 86 valence electrons. The maximum atomic E-state index is 4.10. The lowest BCUT2D eigenvalue weighted by atomic mass is 9.92. The van der Waals surface area contributed by atoms with Crippen molar-refractivity contribution in [1.82, 2.24) is 0 Å². The molecule has 0 aliphatic carbocycles. The van der Waals surface area contributed by atoms with E-state index in [9.17, 15) is 0 Å². The second-order valence-corrected chi connectivity index (χ2v) is 4.16. The molecule has 0 amide bonds. The fraction of sp³-hybridized carbons (Fsp3) is 0.600. The van der Waals surface area contributed by atoms with Crippen LogP contribution in [0.3, 0.4) is 0 Å². The first kappa shape index (κ1) is 14.2. The maximum absolute atomic E-state index is 4.10. The molecule has 0 aromatic carbocycles. The molecule has 0 aromatic rings. The zero-order valence-electron chi connectivity index (χ0n) is 10.6. The van der Waals surface area contributed by atoms with Crippen molar-refractivity contribution in [3.05, 3.63) is 36.5 Å². The number of unbranched alkanes of at least 4 members (excludes halogenated alkanes) is 1. The summed E-state index contributed by atoms with van der Waals surface area (Å²) in [5, 5.41) is 0. The molecule has 0 rings (SSSR count). The highest BCUT2D eigenvalue weighted by molar-refractivity contribution is 5.19. The Morgan fingerprint density at radius 3 is 2.53 bits per heavy atom. The first-order chi connectivity index (χ1) is 7.24. The van der Waals surface area contributed by atoms with E-state index in [0.717, 1.165) is 12.3 Å². The number of hydrogen-bond acceptors (Lipinski definition) is 0. The fourth-order valence-electron chi connectivity index (χ4n) is 1.68. The van der Waals surface area contributed by atoms with Crippen LogP contribution < -0.4 is 0 Å². The highest BCUT2D eigenvalue weighted by Crippen LogP contribution is 2.20. The average Bonchev–Trinajstić information content (AvgIpc) is 2.24. The predicted molar refractivity (Wildman–Crippen MR) is 71.0 cm³/mol. The van der Waals surface area contributed by atoms with Gasteiger partial charge in [0, 0.05) is 0 Å². The second kappa shape index (κ2) is 9.76. The number of rotatable bonds is 8. The van der Waals surface area contributed by atoms with Crippen molar-refractivity contribution >= 4 is 0 Å². The lowest BCUT2D eigenvalue weighted by molar-refractivity contribution is 0.451. The zero-order chi connectivity index (χ0) is 11.5. The molecule has 0 heteroatoms. The lowest BCUT2D eigenvalue weighted by Gasteiger charge is -2.13. The summed E-state index contributed by atoms with van der Waals surface area (Å²) in [5.74, 6) is 0.827. The van der Waals surface area contributed by atoms with Crippen LogP contribution in [0.1, 0.15) is 52.9 Å². The van der Waals surface area contributed by atoms with Gasteiger partial charge >= 0.3 is 0 Å². The minimum absolute atomic E-state index is 0.827. The molecular formula is C15H26. The summed E-state index contributed by atoms with van der Waals surface area (Å²) < 4.78 is 0. The van der Waals surface area contributed by atoms with Crippen LogP contribution in [0.5, 0.6) is 0 Å². The van der Waals surface area contributed by atoms with E-state index in [1.54, 1.807) is 0 Å². The van der Waals surface area contributed by atoms with Crippen LogP contribution in [0.2, 0.25) is 0 Å². The molecule has 0 aliphatic rings. The largest absolute Gasteiger partial charge is 0.0958 e. The smallest absolute Gasteiger partial charge is 0.0256 e. The van der Waals surface area contributed by atoms with Gasteiger partial charge in [-0.1, -0.05) is 76.0 Å². The summed E-state index contributed by atoms with van der Waals surface area (Å²) in [6, 6.07) is 0. The summed E-state index contributed by atoms with van der Waals surface area (Å²) >= 11 is 0. The standard InChI is InChI=1S/C15H26/c1-5-8-10-11-14(4)13-15(7-3)12-9-6-2/h5,8,10-11,15H,4,6-7,9,12-13H2,1-3H3/b8-5+,11-10-. The Morgan fingerprint density at radius 2 is 2.00 bits per heavy atom. The summed E-state index contributed by atoms with van der Waals surface area (Å²) in [4.78, 5) is 0. The Morgan fingerprint density at radius 1 is 1.27 bits per heavy atom. The van der Waals surface area contributed by atoms with E-state index < -0.39 is 0 Å². The van der Waals surface area contributed by atoms with E-state index in [0.29, 0.717) is 0 Å². The van der Waals surface area contributed by atoms with Crippen LogP contribution in [-0.2, 0) is 0 Å². The van der Waals surface area contributed by atoms with Gasteiger partial charge in [0.25, 0.3) is 0 Å². The highest BCUT2D eigenvalue weighted by atomic mass is 14.1. The molecule has 0 radical (unpaired) electrons. The molecule has 1 atom stereocenters. The van der Waals surface area contributed by atoms with Crippen molar-refractivity contribution in [1.29, 1.82) is 0 Å². The van der Waals surface area contributed by atoms with Gasteiger partial charge in [0.2, 0.25) is 0 Å². The summed E-state index contributed by atoms with van der Waals surface area (Å²) in [6.45, 7) is 10.7. The summed E-state index contributed by atoms with van der Waals surface area (Å²) in [7, 11) is 0. The normalized spacial score (nSPS) is 13.8. The minimum atomic E-state index is 0.827. The lowest BCUT2D eigenvalue weighted by Crippen LogP contribution is -1.99. The van der Waals surface area contributed by atoms with E-state index in [1.807, 2.05) is 13.0 Å². The predicted octanol–water partition coefficient (Wildman–Crippen LogP) is 5.28. The van der Waals surface area contributed by atoms with Gasteiger partial charge in [-0.3, -0.25) is 0 Å². The third kappa shape index (κ3) is 8.23. The van der Waals surface area contributed by atoms with E-state index in [-0.39, 0.29) is 0 Å². The molecule has 0 aliphatic heterocycles. The molecule has 0 aromatic heterocycles. The van der Waals surface area contributed by atoms with E-state index >= 15 is 0 Å². The van der Waals surface area contributed by atoms with Gasteiger partial charge in [-0.2, -0.15) is 0 Å². The molecule has 0 nitrogen and oxygen atoms in total. The molecule has 15 heavy (non-hydrogen) atoms. The van der Waals surface area contributed by atoms with Crippen LogP contribution >= 0.6 is 0 Å². The van der Waals surface area contributed by atoms with Gasteiger partial charge < -0.3 is 0 Å². The molecular weight excluding hydrogens is 180 g/mol. The monoisotopic (exact) mass is 206 g/mol. The molecule has 0 N–H and O–H groups in total. The SMILES string of the molecule is C=C(/C=C\C=C\C)CC(CC)CCCC. The average molecular weight is 206 g/mol. The Hall–Kier alpha value is -0.780. The number of hydrogen-bond donors (Lipinski definition) is 0. The van der Waals surface area contributed by atoms with Crippen LogP contribution in [0.25, 0.3) is 0 Å². The van der Waals surface area contributed by atoms with Crippen molar-refractivity contribution in [2.75, 3.05) is 0 Å². The zero-order valence-corrected chi connectivity index (χ0v) is 10.6. The van der Waals surface area contributed by atoms with Crippen molar-refractivity contribution in [2.45, 2.75) is 52.9 Å². The first-order valence-electron chi connectivity index (χ1n) is 6.21. The molecule has 0 saturated carbocycles. The highest BCUT2D eigenvalue weighted by Gasteiger charge is 2.05. The Bertz CT molecular complexity index is 208. The second-order valence-electron chi connectivity index (χ2n) is 4.16. The Balaban J connectivity index is 3.89. The van der Waals surface area contributed by atoms with Crippen LogP contribution in [0.15, 0.2) is 36.5 Å². The molecule has 0 heterocycles. The van der Waals surface area contributed by atoms with Crippen LogP contribution in [0.4, 0.5) is 0 Å². The quantitative estimate of drug-likeness (QED) is 0.474. The van der Waals surface area contributed by atoms with Crippen molar-refractivity contribution in [3.63, 3.8) is 0 Å². The van der Waals surface area contributed by atoms with Crippen molar-refractivity contribution in [3.8, 4) is 0 Å². The minimum Gasteiger partial charge on any atom is -0.0958 e. The van der Waals surface area contributed by atoms with Crippen LogP contribution in [0, 0.1) is 5.92 Å². The summed E-state index contributed by atoms with van der Waals surface area (Å²) in [6.07, 6.45) is 14.7. The van der Waals surface area contributed by atoms with Crippen molar-refractivity contribution in [2.24, 2.45) is 5.92 Å². The van der Waals surface area contributed by atoms with Gasteiger partial charge in [0.15, 0.2) is 0 Å².